The van der Waals surface area contributed by atoms with Gasteiger partial charge in [-0.25, -0.2) is 8.78 Å². The van der Waals surface area contributed by atoms with Gasteiger partial charge >= 0.3 is 5.75 Å². The molecule has 0 amide bonds. The Morgan fingerprint density at radius 1 is 0.923 bits per heavy atom. The number of hydrogen-bond donors (Lipinski definition) is 0. The van der Waals surface area contributed by atoms with Crippen LogP contribution in [0.1, 0.15) is 0 Å². The third kappa shape index (κ3) is 1.21. The van der Waals surface area contributed by atoms with Gasteiger partial charge in [0.1, 0.15) is 0 Å². The standard InChI is InChI=1S/C6F4O3/c7-1-3(9)6(13-12)4(10)2(8)5(1)11. The Balaban J connectivity index is 3.66. The molecule has 0 saturated carbocycles. The molecule has 70 valence electrons. The summed E-state index contributed by atoms with van der Waals surface area (Å²) in [4.78, 5) is 9.57. The van der Waals surface area contributed by atoms with Gasteiger partial charge in [0, 0.05) is 0 Å². The van der Waals surface area contributed by atoms with Crippen LogP contribution >= 0.6 is 0 Å². The number of hydrogen-bond acceptors (Lipinski definition) is 2. The van der Waals surface area contributed by atoms with E-state index in [2.05, 4.69) is 4.60 Å². The van der Waals surface area contributed by atoms with E-state index in [4.69, 9.17) is 0 Å². The van der Waals surface area contributed by atoms with Gasteiger partial charge in [0.15, 0.2) is 11.6 Å². The molecular formula is C6F4O3. The van der Waals surface area contributed by atoms with Crippen molar-refractivity contribution >= 4 is 0 Å². The first-order valence-corrected chi connectivity index (χ1v) is 2.83. The van der Waals surface area contributed by atoms with Crippen LogP contribution in [0.2, 0.25) is 0 Å². The number of rotatable bonds is 1. The van der Waals surface area contributed by atoms with Crippen molar-refractivity contribution in [2.45, 2.75) is 0 Å². The monoisotopic (exact) mass is 196 g/mol. The zero-order chi connectivity index (χ0) is 10.2. The molecule has 1 aromatic rings. The van der Waals surface area contributed by atoms with E-state index in [0.717, 1.165) is 0 Å². The predicted molar refractivity (Wildman–Crippen MR) is 31.9 cm³/mol. The maximum Gasteiger partial charge on any atom is 0.514 e. The second kappa shape index (κ2) is 3.00. The van der Waals surface area contributed by atoms with Crippen LogP contribution in [0.25, 0.3) is 0 Å². The van der Waals surface area contributed by atoms with Gasteiger partial charge in [0.05, 0.1) is 4.60 Å². The average molecular weight is 196 g/mol. The summed E-state index contributed by atoms with van der Waals surface area (Å²) >= 11 is 0. The zero-order valence-corrected chi connectivity index (χ0v) is 5.74. The molecule has 0 spiro atoms. The lowest BCUT2D eigenvalue weighted by atomic mass is 10.2. The number of benzene rings is 1. The SMILES string of the molecule is O=[O+]c1c(F)c(F)c([O-])c(F)c1F. The quantitative estimate of drug-likeness (QED) is 0.389. The van der Waals surface area contributed by atoms with E-state index in [1.54, 1.807) is 0 Å². The van der Waals surface area contributed by atoms with Gasteiger partial charge in [0.2, 0.25) is 4.96 Å². The van der Waals surface area contributed by atoms with Gasteiger partial charge in [-0.3, -0.25) is 0 Å². The van der Waals surface area contributed by atoms with Gasteiger partial charge in [-0.1, -0.05) is 0 Å². The average Bonchev–Trinajstić information content (AvgIpc) is 2.13. The van der Waals surface area contributed by atoms with Crippen molar-refractivity contribution in [3.63, 3.8) is 0 Å². The molecule has 0 aliphatic heterocycles. The Bertz CT molecular complexity index is 348. The highest BCUT2D eigenvalue weighted by Crippen LogP contribution is 2.32. The highest BCUT2D eigenvalue weighted by atomic mass is 19.2. The molecule has 0 heterocycles. The molecule has 0 radical (unpaired) electrons. The van der Waals surface area contributed by atoms with Crippen LogP contribution in [0, 0.1) is 32.8 Å². The predicted octanol–water partition coefficient (Wildman–Crippen LogP) is 1.65. The largest absolute Gasteiger partial charge is 0.868 e. The number of halogens is 4. The van der Waals surface area contributed by atoms with Crippen LogP contribution in [-0.2, 0) is 0 Å². The van der Waals surface area contributed by atoms with E-state index in [1.807, 2.05) is 0 Å². The summed E-state index contributed by atoms with van der Waals surface area (Å²) in [5, 5.41) is 10.3. The first kappa shape index (κ1) is 9.43. The summed E-state index contributed by atoms with van der Waals surface area (Å²) in [5.74, 6) is -12.5. The van der Waals surface area contributed by atoms with Crippen LogP contribution in [-0.4, -0.2) is 0 Å². The second-order valence-electron chi connectivity index (χ2n) is 2.00. The molecule has 0 aromatic heterocycles. The molecule has 0 fully saturated rings. The molecule has 0 unspecified atom stereocenters. The lowest BCUT2D eigenvalue weighted by molar-refractivity contribution is -0.277. The van der Waals surface area contributed by atoms with Crippen LogP contribution in [0.3, 0.4) is 0 Å². The molecule has 13 heavy (non-hydrogen) atoms. The Morgan fingerprint density at radius 3 is 1.62 bits per heavy atom. The van der Waals surface area contributed by atoms with Crippen molar-refractivity contribution in [3.05, 3.63) is 32.8 Å². The molecule has 7 heteroatoms. The maximum atomic E-state index is 12.4. The third-order valence-electron chi connectivity index (χ3n) is 1.27. The highest BCUT2D eigenvalue weighted by Gasteiger charge is 2.32. The van der Waals surface area contributed by atoms with Crippen molar-refractivity contribution in [2.75, 3.05) is 0 Å². The minimum absolute atomic E-state index is 1.80. The van der Waals surface area contributed by atoms with Gasteiger partial charge in [-0.2, -0.15) is 8.78 Å². The highest BCUT2D eigenvalue weighted by molar-refractivity contribution is 5.44. The zero-order valence-electron chi connectivity index (χ0n) is 5.74. The fourth-order valence-corrected chi connectivity index (χ4v) is 0.665. The molecule has 0 aliphatic carbocycles. The van der Waals surface area contributed by atoms with Crippen LogP contribution in [0.15, 0.2) is 0 Å². The summed E-state index contributed by atoms with van der Waals surface area (Å²) in [6.45, 7) is 0. The fourth-order valence-electron chi connectivity index (χ4n) is 0.665. The minimum Gasteiger partial charge on any atom is -0.868 e. The molecule has 3 nitrogen and oxygen atoms in total. The smallest absolute Gasteiger partial charge is 0.514 e. The van der Waals surface area contributed by atoms with Crippen molar-refractivity contribution in [2.24, 2.45) is 0 Å². The molecule has 0 saturated heterocycles. The van der Waals surface area contributed by atoms with Gasteiger partial charge in [-0.15, -0.1) is 0 Å². The van der Waals surface area contributed by atoms with E-state index in [0.29, 0.717) is 0 Å². The van der Waals surface area contributed by atoms with E-state index in [-0.39, 0.29) is 0 Å². The Morgan fingerprint density at radius 2 is 1.31 bits per heavy atom. The summed E-state index contributed by atoms with van der Waals surface area (Å²) in [5.41, 5.74) is 0. The molecule has 0 N–H and O–H groups in total. The molecule has 0 aliphatic rings. The lowest BCUT2D eigenvalue weighted by Crippen LogP contribution is -2.04. The summed E-state index contributed by atoms with van der Waals surface area (Å²) < 4.78 is 52.2. The maximum absolute atomic E-state index is 12.4. The van der Waals surface area contributed by atoms with Crippen molar-refractivity contribution in [1.29, 1.82) is 0 Å². The van der Waals surface area contributed by atoms with Gasteiger partial charge < -0.3 is 5.11 Å². The minimum atomic E-state index is -2.19. The molecule has 0 atom stereocenters. The van der Waals surface area contributed by atoms with E-state index < -0.39 is 34.8 Å². The van der Waals surface area contributed by atoms with Crippen molar-refractivity contribution in [1.82, 2.24) is 0 Å². The van der Waals surface area contributed by atoms with Crippen LogP contribution in [0.5, 0.6) is 11.5 Å². The third-order valence-corrected chi connectivity index (χ3v) is 1.27. The molecular weight excluding hydrogens is 196 g/mol. The lowest BCUT2D eigenvalue weighted by Gasteiger charge is -2.06. The molecule has 0 bridgehead atoms. The first-order chi connectivity index (χ1) is 6.00. The fraction of sp³-hybridized carbons (Fsp3) is 0. The molecule has 1 rings (SSSR count). The van der Waals surface area contributed by atoms with E-state index in [1.165, 1.54) is 0 Å². The van der Waals surface area contributed by atoms with Crippen molar-refractivity contribution < 1.29 is 22.7 Å². The first-order valence-electron chi connectivity index (χ1n) is 2.83. The van der Waals surface area contributed by atoms with Crippen LogP contribution < -0.4 is 5.11 Å². The van der Waals surface area contributed by atoms with E-state index >= 15 is 0 Å². The van der Waals surface area contributed by atoms with Gasteiger partial charge in [-0.05, 0) is 5.75 Å². The Labute approximate surface area is 68.1 Å². The van der Waals surface area contributed by atoms with Gasteiger partial charge in [0.25, 0.3) is 11.6 Å². The van der Waals surface area contributed by atoms with Crippen molar-refractivity contribution in [3.8, 4) is 11.5 Å². The normalized spacial score (nSPS) is 10.2. The second-order valence-corrected chi connectivity index (χ2v) is 2.00. The topological polar surface area (TPSA) is 51.4 Å². The molecule has 1 aromatic carbocycles. The van der Waals surface area contributed by atoms with Crippen LogP contribution in [0.4, 0.5) is 17.6 Å². The summed E-state index contributed by atoms with van der Waals surface area (Å²) in [6.07, 6.45) is 0. The Hall–Kier alpha value is -1.66. The van der Waals surface area contributed by atoms with E-state index in [9.17, 15) is 27.6 Å². The summed E-state index contributed by atoms with van der Waals surface area (Å²) in [6, 6.07) is 0. The summed E-state index contributed by atoms with van der Waals surface area (Å²) in [7, 11) is 0. The Kier molecular flexibility index (Phi) is 2.18.